The van der Waals surface area contributed by atoms with Gasteiger partial charge in [-0.1, -0.05) is 0 Å². The molecular weight excluding hydrogens is 447 g/mol. The summed E-state index contributed by atoms with van der Waals surface area (Å²) in [6.45, 7) is 7.04. The number of hydrogen-bond donors (Lipinski definition) is 0. The third-order valence-corrected chi connectivity index (χ3v) is 7.20. The Hall–Kier alpha value is -2.67. The molecule has 1 radical (unpaired) electrons. The molecule has 0 saturated carbocycles. The van der Waals surface area contributed by atoms with E-state index >= 15 is 0 Å². The Morgan fingerprint density at radius 3 is 2.70 bits per heavy atom. The molecule has 0 N–H and O–H groups in total. The number of nitrogens with zero attached hydrogens (tertiary/aromatic N) is 6. The molecule has 1 aliphatic heterocycles. The van der Waals surface area contributed by atoms with Gasteiger partial charge in [0.25, 0.3) is 0 Å². The van der Waals surface area contributed by atoms with Crippen LogP contribution in [0.3, 0.4) is 0 Å². The van der Waals surface area contributed by atoms with Crippen LogP contribution in [0.1, 0.15) is 27.2 Å². The number of carbonyl (C=O) groups excluding carboxylic acids is 1. The molecule has 1 amide bonds. The third-order valence-electron chi connectivity index (χ3n) is 4.61. The van der Waals surface area contributed by atoms with Crippen LogP contribution in [0.15, 0.2) is 30.5 Å². The number of fused-ring (bicyclic) bond motifs is 1. The minimum absolute atomic E-state index is 0.246. The molecule has 1 aliphatic rings. The molecule has 1 atom stereocenters. The summed E-state index contributed by atoms with van der Waals surface area (Å²) in [7, 11) is 1.63. The van der Waals surface area contributed by atoms with Gasteiger partial charge in [-0.05, 0) is 0 Å². The first kappa shape index (κ1) is 20.6. The summed E-state index contributed by atoms with van der Waals surface area (Å²) in [5.41, 5.74) is 1.71. The van der Waals surface area contributed by atoms with Crippen molar-refractivity contribution in [2.75, 3.05) is 20.2 Å². The van der Waals surface area contributed by atoms with E-state index in [4.69, 9.17) is 14.5 Å². The molecule has 0 aliphatic carbocycles. The quantitative estimate of drug-likeness (QED) is 0.537. The summed E-state index contributed by atoms with van der Waals surface area (Å²) in [5, 5.41) is 8.41. The maximum absolute atomic E-state index is 12.3. The molecule has 1 saturated heterocycles. The zero-order chi connectivity index (χ0) is 21.3. The first-order chi connectivity index (χ1) is 14.3. The van der Waals surface area contributed by atoms with Crippen molar-refractivity contribution in [3.63, 3.8) is 0 Å². The molecule has 0 spiro atoms. The zero-order valence-corrected chi connectivity index (χ0v) is 19.3. The number of aromatic nitrogens is 5. The van der Waals surface area contributed by atoms with Crippen LogP contribution in [0.2, 0.25) is 4.71 Å². The molecule has 1 fully saturated rings. The van der Waals surface area contributed by atoms with Crippen molar-refractivity contribution in [1.29, 1.82) is 0 Å². The molecule has 3 heterocycles. The second kappa shape index (κ2) is 8.22. The average molecular weight is 471 g/mol. The zero-order valence-electron chi connectivity index (χ0n) is 17.4. The average Bonchev–Trinajstić information content (AvgIpc) is 3.34. The number of likely N-dealkylation sites (tertiary alicyclic amines) is 1. The molecule has 1 aromatic carbocycles. The second-order valence-corrected chi connectivity index (χ2v) is 11.0. The van der Waals surface area contributed by atoms with Crippen LogP contribution < -0.4 is 9.35 Å². The van der Waals surface area contributed by atoms with E-state index in [0.717, 1.165) is 22.5 Å². The van der Waals surface area contributed by atoms with Crippen LogP contribution in [-0.2, 0) is 4.74 Å². The Balaban J connectivity index is 1.48. The second-order valence-electron chi connectivity index (χ2n) is 8.08. The van der Waals surface area contributed by atoms with Crippen molar-refractivity contribution in [3.05, 3.63) is 30.5 Å². The predicted octanol–water partition coefficient (Wildman–Crippen LogP) is 1.98. The van der Waals surface area contributed by atoms with Gasteiger partial charge in [0, 0.05) is 0 Å². The Kier molecular flexibility index (Phi) is 5.64. The number of benzene rings is 1. The molecule has 157 valence electrons. The molecule has 4 rings (SSSR count). The Morgan fingerprint density at radius 2 is 2.00 bits per heavy atom. The van der Waals surface area contributed by atoms with Gasteiger partial charge in [0.05, 0.1) is 0 Å². The van der Waals surface area contributed by atoms with Crippen molar-refractivity contribution in [2.45, 2.75) is 37.5 Å². The van der Waals surface area contributed by atoms with E-state index in [1.807, 2.05) is 45.0 Å². The number of ether oxygens (including phenoxy) is 2. The topological polar surface area (TPSA) is 95.3 Å². The number of carbonyl (C=O) groups is 1. The maximum atomic E-state index is 12.3. The molecule has 2 aromatic heterocycles. The van der Waals surface area contributed by atoms with Gasteiger partial charge in [-0.2, -0.15) is 0 Å². The number of methoxy groups -OCH3 is 1. The van der Waals surface area contributed by atoms with Gasteiger partial charge in [-0.3, -0.25) is 0 Å². The van der Waals surface area contributed by atoms with Gasteiger partial charge < -0.3 is 0 Å². The van der Waals surface area contributed by atoms with Crippen molar-refractivity contribution in [1.82, 2.24) is 29.9 Å². The van der Waals surface area contributed by atoms with Gasteiger partial charge in [0.2, 0.25) is 0 Å². The normalized spacial score (nSPS) is 17.2. The summed E-state index contributed by atoms with van der Waals surface area (Å²) in [4.78, 5) is 23.3. The Bertz CT molecular complexity index is 1050. The summed E-state index contributed by atoms with van der Waals surface area (Å²) < 4.78 is 13.6. The van der Waals surface area contributed by atoms with Crippen LogP contribution in [0.4, 0.5) is 4.79 Å². The van der Waals surface area contributed by atoms with E-state index in [9.17, 15) is 4.79 Å². The van der Waals surface area contributed by atoms with Crippen LogP contribution in [0, 0.1) is 0 Å². The van der Waals surface area contributed by atoms with Gasteiger partial charge in [-0.15, -0.1) is 0 Å². The Labute approximate surface area is 181 Å². The Morgan fingerprint density at radius 1 is 1.23 bits per heavy atom. The van der Waals surface area contributed by atoms with Crippen molar-refractivity contribution in [3.8, 4) is 11.4 Å². The summed E-state index contributed by atoms with van der Waals surface area (Å²) >= 11 is -0.300. The third kappa shape index (κ3) is 4.56. The van der Waals surface area contributed by atoms with Crippen molar-refractivity contribution < 1.29 is 14.3 Å². The molecule has 0 unspecified atom stereocenters. The fraction of sp³-hybridized carbons (Fsp3) is 0.450. The van der Waals surface area contributed by atoms with Gasteiger partial charge in [0.1, 0.15) is 0 Å². The van der Waals surface area contributed by atoms with E-state index in [2.05, 4.69) is 15.3 Å². The van der Waals surface area contributed by atoms with Crippen molar-refractivity contribution >= 4 is 37.6 Å². The van der Waals surface area contributed by atoms with E-state index < -0.39 is 5.60 Å². The van der Waals surface area contributed by atoms with Gasteiger partial charge in [-0.25, -0.2) is 0 Å². The predicted molar refractivity (Wildman–Crippen MR) is 113 cm³/mol. The van der Waals surface area contributed by atoms with E-state index in [-0.39, 0.29) is 21.8 Å². The van der Waals surface area contributed by atoms with Crippen LogP contribution in [-0.4, -0.2) is 77.5 Å². The summed E-state index contributed by atoms with van der Waals surface area (Å²) in [6.07, 6.45) is 2.42. The summed E-state index contributed by atoms with van der Waals surface area (Å²) in [5.74, 6) is 0.777. The molecular formula is C20H24AsN6O3. The monoisotopic (exact) mass is 471 g/mol. The van der Waals surface area contributed by atoms with Crippen LogP contribution in [0.25, 0.3) is 16.9 Å². The molecule has 30 heavy (non-hydrogen) atoms. The molecule has 0 bridgehead atoms. The first-order valence-corrected chi connectivity index (χ1v) is 11.8. The number of hydrogen-bond acceptors (Lipinski definition) is 7. The van der Waals surface area contributed by atoms with E-state index in [1.54, 1.807) is 22.9 Å². The fourth-order valence-electron chi connectivity index (χ4n) is 3.18. The van der Waals surface area contributed by atoms with Crippen molar-refractivity contribution in [2.24, 2.45) is 0 Å². The molecule has 3 aromatic rings. The SMILES string of the molecule is COc1ccc(-n2nnc3cnc([As][C@H]4CCN(C(=O)OC(C)(C)C)C4)nc32)cc1. The first-order valence-electron chi connectivity index (χ1n) is 9.74. The summed E-state index contributed by atoms with van der Waals surface area (Å²) in [6, 6.07) is 7.58. The fourth-order valence-corrected chi connectivity index (χ4v) is 5.55. The van der Waals surface area contributed by atoms with Crippen LogP contribution >= 0.6 is 0 Å². The molecule has 9 nitrogen and oxygen atoms in total. The minimum atomic E-state index is -0.482. The van der Waals surface area contributed by atoms with E-state index in [0.29, 0.717) is 29.0 Å². The molecule has 10 heteroatoms. The van der Waals surface area contributed by atoms with Gasteiger partial charge >= 0.3 is 181 Å². The standard InChI is InChI=1S/C20H24AsN6O3/c1-20(2,3)30-19(28)26-10-9-13(12-26)21-18-22-11-16-17(23-18)27(25-24-16)14-5-7-15(29-4)8-6-14/h5-8,11,13H,9-10,12H2,1-4H3/t13-/m0/s1. The van der Waals surface area contributed by atoms with E-state index in [1.165, 1.54) is 0 Å². The number of rotatable bonds is 4. The number of amides is 1. The van der Waals surface area contributed by atoms with Gasteiger partial charge in [0.15, 0.2) is 0 Å². The van der Waals surface area contributed by atoms with Crippen LogP contribution in [0.5, 0.6) is 5.75 Å².